The van der Waals surface area contributed by atoms with Crippen molar-refractivity contribution < 1.29 is 9.59 Å². The molecule has 0 saturated carbocycles. The van der Waals surface area contributed by atoms with Crippen LogP contribution in [0.25, 0.3) is 11.4 Å². The third-order valence-corrected chi connectivity index (χ3v) is 4.74. The molecule has 1 aliphatic heterocycles. The number of nitrogens with zero attached hydrogens (tertiary/aromatic N) is 4. The van der Waals surface area contributed by atoms with Gasteiger partial charge in [0, 0.05) is 25.7 Å². The second-order valence-electron chi connectivity index (χ2n) is 5.21. The Kier molecular flexibility index (Phi) is 4.33. The van der Waals surface area contributed by atoms with E-state index in [0.29, 0.717) is 18.2 Å². The summed E-state index contributed by atoms with van der Waals surface area (Å²) in [6, 6.07) is 9.41. The molecule has 0 unspecified atom stereocenters. The van der Waals surface area contributed by atoms with E-state index in [0.717, 1.165) is 11.4 Å². The average molecular weight is 331 g/mol. The number of nitrogens with one attached hydrogen (secondary N) is 1. The Hall–Kier alpha value is -2.35. The van der Waals surface area contributed by atoms with Crippen LogP contribution in [0.5, 0.6) is 0 Å². The maximum atomic E-state index is 12.3. The third kappa shape index (κ3) is 3.07. The van der Waals surface area contributed by atoms with Crippen molar-refractivity contribution in [3.05, 3.63) is 30.3 Å². The Labute approximate surface area is 138 Å². The van der Waals surface area contributed by atoms with Gasteiger partial charge in [0.05, 0.1) is 5.25 Å². The van der Waals surface area contributed by atoms with Crippen LogP contribution in [0, 0.1) is 0 Å². The predicted octanol–water partition coefficient (Wildman–Crippen LogP) is 1.51. The second-order valence-corrected chi connectivity index (χ2v) is 6.52. The van der Waals surface area contributed by atoms with Crippen LogP contribution >= 0.6 is 11.8 Å². The molecule has 120 valence electrons. The summed E-state index contributed by atoms with van der Waals surface area (Å²) in [5.74, 6) is 0.529. The van der Waals surface area contributed by atoms with Gasteiger partial charge in [0.15, 0.2) is 11.0 Å². The fourth-order valence-electron chi connectivity index (χ4n) is 2.37. The predicted molar refractivity (Wildman–Crippen MR) is 86.9 cm³/mol. The van der Waals surface area contributed by atoms with Gasteiger partial charge < -0.3 is 9.88 Å². The first kappa shape index (κ1) is 15.5. The van der Waals surface area contributed by atoms with Crippen LogP contribution in [-0.2, 0) is 11.8 Å². The molecular formula is C15H17N5O2S. The summed E-state index contributed by atoms with van der Waals surface area (Å²) in [6.45, 7) is 2.69. The average Bonchev–Trinajstić information content (AvgIpc) is 3.14. The fraction of sp³-hybridized carbons (Fsp3) is 0.333. The highest BCUT2D eigenvalue weighted by Crippen LogP contribution is 2.26. The number of thioether (sulfide) groups is 1. The van der Waals surface area contributed by atoms with Crippen molar-refractivity contribution in [2.75, 3.05) is 13.1 Å². The number of carbonyl (C=O) groups excluding carboxylic acids is 2. The van der Waals surface area contributed by atoms with Gasteiger partial charge in [-0.3, -0.25) is 9.69 Å². The summed E-state index contributed by atoms with van der Waals surface area (Å²) < 4.78 is 1.85. The molecule has 1 N–H and O–H groups in total. The molecule has 0 aliphatic carbocycles. The monoisotopic (exact) mass is 331 g/mol. The number of benzene rings is 1. The summed E-state index contributed by atoms with van der Waals surface area (Å²) >= 11 is 1.30. The summed E-state index contributed by atoms with van der Waals surface area (Å²) in [6.07, 6.45) is 0. The molecule has 1 aromatic carbocycles. The Morgan fingerprint density at radius 2 is 2.04 bits per heavy atom. The zero-order valence-electron chi connectivity index (χ0n) is 12.9. The standard InChI is InChI=1S/C15H17N5O2S/c1-10(13(21)20-9-8-16-14(20)22)23-15-18-17-12(19(15)2)11-6-4-3-5-7-11/h3-7,10H,8-9H2,1-2H3,(H,16,22)/t10-/m0/s1. The highest BCUT2D eigenvalue weighted by Gasteiger charge is 2.31. The zero-order chi connectivity index (χ0) is 16.4. The SMILES string of the molecule is C[C@H](Sc1nnc(-c2ccccc2)n1C)C(=O)N1CCNC1=O. The van der Waals surface area contributed by atoms with Gasteiger partial charge in [0.2, 0.25) is 5.91 Å². The maximum absolute atomic E-state index is 12.3. The van der Waals surface area contributed by atoms with E-state index >= 15 is 0 Å². The van der Waals surface area contributed by atoms with Gasteiger partial charge in [0.1, 0.15) is 0 Å². The lowest BCUT2D eigenvalue weighted by Crippen LogP contribution is -2.39. The zero-order valence-corrected chi connectivity index (χ0v) is 13.7. The van der Waals surface area contributed by atoms with E-state index in [2.05, 4.69) is 15.5 Å². The molecule has 3 amide bonds. The molecule has 2 aromatic rings. The largest absolute Gasteiger partial charge is 0.336 e. The van der Waals surface area contributed by atoms with E-state index in [1.807, 2.05) is 41.9 Å². The molecule has 0 bridgehead atoms. The van der Waals surface area contributed by atoms with Gasteiger partial charge in [-0.2, -0.15) is 0 Å². The van der Waals surface area contributed by atoms with Crippen molar-refractivity contribution >= 4 is 23.7 Å². The first-order chi connectivity index (χ1) is 11.1. The minimum atomic E-state index is -0.412. The molecule has 0 spiro atoms. The number of amides is 3. The van der Waals surface area contributed by atoms with Crippen LogP contribution in [0.2, 0.25) is 0 Å². The molecule has 1 aliphatic rings. The first-order valence-corrected chi connectivity index (χ1v) is 8.16. The van der Waals surface area contributed by atoms with Gasteiger partial charge in [-0.15, -0.1) is 10.2 Å². The van der Waals surface area contributed by atoms with E-state index in [-0.39, 0.29) is 11.9 Å². The van der Waals surface area contributed by atoms with Crippen molar-refractivity contribution in [2.24, 2.45) is 7.05 Å². The number of carbonyl (C=O) groups is 2. The van der Waals surface area contributed by atoms with E-state index in [4.69, 9.17) is 0 Å². The summed E-state index contributed by atoms with van der Waals surface area (Å²) in [5, 5.41) is 11.2. The molecule has 1 aromatic heterocycles. The molecule has 0 radical (unpaired) electrons. The quantitative estimate of drug-likeness (QED) is 0.859. The fourth-order valence-corrected chi connectivity index (χ4v) is 3.24. The molecule has 1 atom stereocenters. The number of urea groups is 1. The Morgan fingerprint density at radius 3 is 2.70 bits per heavy atom. The van der Waals surface area contributed by atoms with Gasteiger partial charge >= 0.3 is 6.03 Å². The first-order valence-electron chi connectivity index (χ1n) is 7.28. The van der Waals surface area contributed by atoms with Crippen LogP contribution < -0.4 is 5.32 Å². The minimum absolute atomic E-state index is 0.214. The van der Waals surface area contributed by atoms with Gasteiger partial charge in [0.25, 0.3) is 0 Å². The van der Waals surface area contributed by atoms with Gasteiger partial charge in [-0.1, -0.05) is 42.1 Å². The minimum Gasteiger partial charge on any atom is -0.336 e. The third-order valence-electron chi connectivity index (χ3n) is 3.62. The Bertz CT molecular complexity index is 731. The number of rotatable bonds is 4. The molecule has 3 rings (SSSR count). The van der Waals surface area contributed by atoms with E-state index in [1.165, 1.54) is 16.7 Å². The lowest BCUT2D eigenvalue weighted by Gasteiger charge is -2.16. The number of imide groups is 1. The second kappa shape index (κ2) is 6.41. The molecule has 1 fully saturated rings. The Morgan fingerprint density at radius 1 is 1.30 bits per heavy atom. The lowest BCUT2D eigenvalue weighted by molar-refractivity contribution is -0.126. The van der Waals surface area contributed by atoms with Crippen molar-refractivity contribution in [3.63, 3.8) is 0 Å². The highest BCUT2D eigenvalue weighted by molar-refractivity contribution is 8.00. The molecular weight excluding hydrogens is 314 g/mol. The van der Waals surface area contributed by atoms with Crippen molar-refractivity contribution in [3.8, 4) is 11.4 Å². The highest BCUT2D eigenvalue weighted by atomic mass is 32.2. The topological polar surface area (TPSA) is 80.1 Å². The summed E-state index contributed by atoms with van der Waals surface area (Å²) in [7, 11) is 1.87. The van der Waals surface area contributed by atoms with Crippen molar-refractivity contribution in [1.82, 2.24) is 25.0 Å². The Balaban J connectivity index is 1.75. The van der Waals surface area contributed by atoms with Crippen LogP contribution in [0.1, 0.15) is 6.92 Å². The summed E-state index contributed by atoms with van der Waals surface area (Å²) in [4.78, 5) is 25.2. The van der Waals surface area contributed by atoms with Crippen molar-refractivity contribution in [1.29, 1.82) is 0 Å². The smallest absolute Gasteiger partial charge is 0.324 e. The normalized spacial score (nSPS) is 15.6. The van der Waals surface area contributed by atoms with Crippen LogP contribution in [0.3, 0.4) is 0 Å². The molecule has 23 heavy (non-hydrogen) atoms. The molecule has 1 saturated heterocycles. The van der Waals surface area contributed by atoms with Gasteiger partial charge in [-0.25, -0.2) is 4.79 Å². The van der Waals surface area contributed by atoms with Crippen LogP contribution in [0.4, 0.5) is 4.79 Å². The van der Waals surface area contributed by atoms with E-state index < -0.39 is 5.25 Å². The van der Waals surface area contributed by atoms with Gasteiger partial charge in [-0.05, 0) is 6.92 Å². The number of aromatic nitrogens is 3. The van der Waals surface area contributed by atoms with E-state index in [9.17, 15) is 9.59 Å². The van der Waals surface area contributed by atoms with Crippen LogP contribution in [-0.4, -0.2) is 49.9 Å². The van der Waals surface area contributed by atoms with Crippen molar-refractivity contribution in [2.45, 2.75) is 17.3 Å². The van der Waals surface area contributed by atoms with Crippen LogP contribution in [0.15, 0.2) is 35.5 Å². The van der Waals surface area contributed by atoms with E-state index in [1.54, 1.807) is 6.92 Å². The molecule has 8 heteroatoms. The maximum Gasteiger partial charge on any atom is 0.324 e. The molecule has 7 nitrogen and oxygen atoms in total. The lowest BCUT2D eigenvalue weighted by atomic mass is 10.2. The number of hydrogen-bond donors (Lipinski definition) is 1. The summed E-state index contributed by atoms with van der Waals surface area (Å²) in [5.41, 5.74) is 0.965. The molecule has 2 heterocycles. The number of hydrogen-bond acceptors (Lipinski definition) is 5.